The number of hydrogen-bond donors (Lipinski definition) is 4. The van der Waals surface area contributed by atoms with Crippen LogP contribution >= 0.6 is 0 Å². The first-order valence-corrected chi connectivity index (χ1v) is 16.9. The van der Waals surface area contributed by atoms with E-state index in [2.05, 4.69) is 0 Å². The van der Waals surface area contributed by atoms with Crippen molar-refractivity contribution < 1.29 is 44.1 Å². The molecule has 1 saturated carbocycles. The second-order valence-corrected chi connectivity index (χ2v) is 13.3. The Kier molecular flexibility index (Phi) is 9.27. The molecule has 0 radical (unpaired) electrons. The van der Waals surface area contributed by atoms with Gasteiger partial charge in [0.2, 0.25) is 0 Å². The molecule has 2 heterocycles. The van der Waals surface area contributed by atoms with Gasteiger partial charge in [0, 0.05) is 59.4 Å². The summed E-state index contributed by atoms with van der Waals surface area (Å²) in [4.78, 5) is 0. The highest BCUT2D eigenvalue weighted by molar-refractivity contribution is 5.95. The van der Waals surface area contributed by atoms with E-state index in [1.807, 2.05) is 24.3 Å². The van der Waals surface area contributed by atoms with Crippen LogP contribution in [0.25, 0.3) is 10.8 Å². The van der Waals surface area contributed by atoms with Crippen LogP contribution in [0.1, 0.15) is 73.0 Å². The first-order chi connectivity index (χ1) is 23.3. The van der Waals surface area contributed by atoms with E-state index in [4.69, 9.17) is 23.7 Å². The van der Waals surface area contributed by atoms with Crippen LogP contribution in [0.5, 0.6) is 34.5 Å². The Morgan fingerprint density at radius 3 is 2.40 bits per heavy atom. The number of fused-ring (bicyclic) bond motifs is 4. The van der Waals surface area contributed by atoms with Crippen molar-refractivity contribution in [2.45, 2.75) is 69.4 Å². The smallest absolute Gasteiger partial charge is 0.133 e. The fourth-order valence-corrected chi connectivity index (χ4v) is 7.91. The Bertz CT molecular complexity index is 1760. The fraction of sp³-hybridized carbons (Fsp3) is 0.436. The number of aliphatic hydroxyl groups is 2. The molecule has 7 rings (SSSR count). The van der Waals surface area contributed by atoms with Gasteiger partial charge in [-0.3, -0.25) is 0 Å². The second-order valence-electron chi connectivity index (χ2n) is 13.3. The Labute approximate surface area is 280 Å². The Morgan fingerprint density at radius 2 is 1.62 bits per heavy atom. The highest BCUT2D eigenvalue weighted by Crippen LogP contribution is 2.53. The number of phenols is 2. The lowest BCUT2D eigenvalue weighted by atomic mass is 9.72. The van der Waals surface area contributed by atoms with Crippen LogP contribution in [-0.2, 0) is 11.2 Å². The molecule has 0 amide bonds. The van der Waals surface area contributed by atoms with Gasteiger partial charge in [0.05, 0.1) is 32.0 Å². The maximum atomic E-state index is 12.2. The molecule has 1 fully saturated rings. The van der Waals surface area contributed by atoms with Gasteiger partial charge in [0.1, 0.15) is 40.6 Å². The summed E-state index contributed by atoms with van der Waals surface area (Å²) in [6.45, 7) is 0.698. The van der Waals surface area contributed by atoms with E-state index in [-0.39, 0.29) is 24.2 Å². The predicted octanol–water partition coefficient (Wildman–Crippen LogP) is 6.75. The lowest BCUT2D eigenvalue weighted by Crippen LogP contribution is -2.46. The molecule has 0 spiro atoms. The first-order valence-electron chi connectivity index (χ1n) is 16.9. The molecular formula is C39H44O9. The van der Waals surface area contributed by atoms with Gasteiger partial charge in [-0.25, -0.2) is 0 Å². The van der Waals surface area contributed by atoms with Crippen LogP contribution in [0.3, 0.4) is 0 Å². The third-order valence-electron chi connectivity index (χ3n) is 10.2. The highest BCUT2D eigenvalue weighted by atomic mass is 16.5. The van der Waals surface area contributed by atoms with Gasteiger partial charge in [0.25, 0.3) is 0 Å². The average Bonchev–Trinajstić information content (AvgIpc) is 3.59. The quantitative estimate of drug-likeness (QED) is 0.137. The van der Waals surface area contributed by atoms with Crippen LogP contribution < -0.4 is 18.9 Å². The molecule has 1 aliphatic carbocycles. The summed E-state index contributed by atoms with van der Waals surface area (Å²) in [7, 11) is 3.21. The molecular weight excluding hydrogens is 612 g/mol. The topological polar surface area (TPSA) is 127 Å². The summed E-state index contributed by atoms with van der Waals surface area (Å²) in [5, 5.41) is 46.2. The molecule has 9 heteroatoms. The predicted molar refractivity (Wildman–Crippen MR) is 180 cm³/mol. The third kappa shape index (κ3) is 6.22. The molecule has 4 aromatic rings. The summed E-state index contributed by atoms with van der Waals surface area (Å²) in [5.41, 5.74) is 2.97. The molecule has 0 aromatic heterocycles. The molecule has 0 unspecified atom stereocenters. The molecule has 48 heavy (non-hydrogen) atoms. The first kappa shape index (κ1) is 32.4. The van der Waals surface area contributed by atoms with Crippen molar-refractivity contribution in [3.63, 3.8) is 0 Å². The van der Waals surface area contributed by atoms with E-state index >= 15 is 0 Å². The number of benzene rings is 4. The summed E-state index contributed by atoms with van der Waals surface area (Å²) >= 11 is 0. The van der Waals surface area contributed by atoms with Crippen molar-refractivity contribution in [3.05, 3.63) is 82.9 Å². The maximum Gasteiger partial charge on any atom is 0.133 e. The fourth-order valence-electron chi connectivity index (χ4n) is 7.91. The summed E-state index contributed by atoms with van der Waals surface area (Å²) < 4.78 is 30.8. The van der Waals surface area contributed by atoms with Gasteiger partial charge in [-0.15, -0.1) is 0 Å². The lowest BCUT2D eigenvalue weighted by molar-refractivity contribution is -0.0884. The van der Waals surface area contributed by atoms with Gasteiger partial charge in [-0.1, -0.05) is 12.1 Å². The minimum absolute atomic E-state index is 0.104. The number of phenolic OH excluding ortho intramolecular Hbond substituents is 2. The monoisotopic (exact) mass is 656 g/mol. The van der Waals surface area contributed by atoms with Crippen LogP contribution in [0.2, 0.25) is 0 Å². The zero-order valence-corrected chi connectivity index (χ0v) is 27.4. The lowest BCUT2D eigenvalue weighted by Gasteiger charge is -2.45. The van der Waals surface area contributed by atoms with Gasteiger partial charge in [-0.05, 0) is 92.6 Å². The van der Waals surface area contributed by atoms with E-state index in [0.717, 1.165) is 42.2 Å². The second kappa shape index (κ2) is 13.7. The summed E-state index contributed by atoms with van der Waals surface area (Å²) in [6, 6.07) is 17.8. The largest absolute Gasteiger partial charge is 0.508 e. The van der Waals surface area contributed by atoms with Crippen molar-refractivity contribution in [3.8, 4) is 34.5 Å². The number of methoxy groups -OCH3 is 2. The molecule has 0 saturated heterocycles. The standard InChI is InChI=1S/C39H44O9/c1-44-14-6-11-33-35(37(43)31-20-34(45-2)29-18-25(41)12-13-28(29)39(31)48-33)32-21-46-38-23(15-22-7-5-8-24(40)16-22)17-27(19-30(38)36(32)42)47-26-9-3-4-10-26/h5,7-8,12-13,16-20,26,32-33,35-37,40-43H,3-4,6,9-11,14-15,21H2,1-2H3/t32-,33+,35+,36+,37-/m0/s1. The van der Waals surface area contributed by atoms with Gasteiger partial charge < -0.3 is 44.1 Å². The van der Waals surface area contributed by atoms with Crippen LogP contribution in [0.4, 0.5) is 0 Å². The van der Waals surface area contributed by atoms with E-state index < -0.39 is 30.1 Å². The Hall–Kier alpha value is -4.18. The molecule has 4 aromatic carbocycles. The van der Waals surface area contributed by atoms with Gasteiger partial charge in [-0.2, -0.15) is 0 Å². The van der Waals surface area contributed by atoms with Gasteiger partial charge in [0.15, 0.2) is 0 Å². The van der Waals surface area contributed by atoms with Crippen LogP contribution in [0, 0.1) is 11.8 Å². The molecule has 0 bridgehead atoms. The number of rotatable bonds is 10. The number of aliphatic hydroxyl groups excluding tert-OH is 2. The van der Waals surface area contributed by atoms with Crippen molar-refractivity contribution in [1.82, 2.24) is 0 Å². The zero-order valence-electron chi connectivity index (χ0n) is 27.4. The SMILES string of the molecule is COCCC[C@H]1Oc2c(cc(OC)c3cc(O)ccc23)[C@H](O)[C@@H]1[C@@H]1COc2c(Cc3cccc(O)c3)cc(OC3CCCC3)cc2[C@H]1O. The van der Waals surface area contributed by atoms with Crippen molar-refractivity contribution in [1.29, 1.82) is 0 Å². The number of hydrogen-bond acceptors (Lipinski definition) is 9. The third-order valence-corrected chi connectivity index (χ3v) is 10.2. The van der Waals surface area contributed by atoms with E-state index in [0.29, 0.717) is 65.4 Å². The van der Waals surface area contributed by atoms with E-state index in [1.54, 1.807) is 50.6 Å². The van der Waals surface area contributed by atoms with Gasteiger partial charge >= 0.3 is 0 Å². The minimum atomic E-state index is -0.997. The van der Waals surface area contributed by atoms with E-state index in [1.165, 1.54) is 0 Å². The highest BCUT2D eigenvalue weighted by Gasteiger charge is 2.48. The summed E-state index contributed by atoms with van der Waals surface area (Å²) in [5.74, 6) is 1.60. The Morgan fingerprint density at radius 1 is 0.833 bits per heavy atom. The molecule has 254 valence electrons. The van der Waals surface area contributed by atoms with Crippen LogP contribution in [0.15, 0.2) is 60.7 Å². The minimum Gasteiger partial charge on any atom is -0.508 e. The Balaban J connectivity index is 1.28. The average molecular weight is 657 g/mol. The maximum absolute atomic E-state index is 12.2. The van der Waals surface area contributed by atoms with Crippen LogP contribution in [-0.4, -0.2) is 60.1 Å². The molecule has 9 nitrogen and oxygen atoms in total. The molecule has 4 N–H and O–H groups in total. The molecule has 2 aliphatic heterocycles. The van der Waals surface area contributed by atoms with Crippen molar-refractivity contribution in [2.24, 2.45) is 11.8 Å². The van der Waals surface area contributed by atoms with E-state index in [9.17, 15) is 20.4 Å². The number of aromatic hydroxyl groups is 2. The molecule has 5 atom stereocenters. The summed E-state index contributed by atoms with van der Waals surface area (Å²) in [6.07, 6.45) is 3.71. The van der Waals surface area contributed by atoms with Crippen molar-refractivity contribution in [2.75, 3.05) is 27.4 Å². The normalized spacial score (nSPS) is 23.6. The van der Waals surface area contributed by atoms with Crippen molar-refractivity contribution >= 4 is 10.8 Å². The zero-order chi connectivity index (χ0) is 33.4. The molecule has 3 aliphatic rings. The number of ether oxygens (including phenoxy) is 5.